The number of hydrogen-bond acceptors (Lipinski definition) is 13. The molecule has 8 bridgehead atoms. The van der Waals surface area contributed by atoms with Crippen molar-refractivity contribution in [1.29, 1.82) is 0 Å². The molecule has 53 heavy (non-hydrogen) atoms. The number of hydrogen-bond donors (Lipinski definition) is 4. The molecule has 7 aliphatic rings. The maximum atomic E-state index is 13.9. The van der Waals surface area contributed by atoms with E-state index in [9.17, 15) is 30.0 Å². The molecule has 0 spiro atoms. The molecule has 0 aromatic carbocycles. The summed E-state index contributed by atoms with van der Waals surface area (Å²) in [5.41, 5.74) is 2.00. The van der Waals surface area contributed by atoms with Gasteiger partial charge >= 0.3 is 0 Å². The predicted molar refractivity (Wildman–Crippen MR) is 189 cm³/mol. The van der Waals surface area contributed by atoms with Crippen LogP contribution in [0.15, 0.2) is 24.3 Å². The van der Waals surface area contributed by atoms with Crippen LogP contribution in [-0.4, -0.2) is 143 Å². The summed E-state index contributed by atoms with van der Waals surface area (Å²) in [5.74, 6) is -0.221. The first-order valence-corrected chi connectivity index (χ1v) is 19.9. The molecule has 298 valence electrons. The van der Waals surface area contributed by atoms with Crippen molar-refractivity contribution in [2.45, 2.75) is 188 Å². The molecule has 4 N–H and O–H groups in total. The molecule has 13 heteroatoms. The normalized spacial score (nSPS) is 47.7. The van der Waals surface area contributed by atoms with Crippen LogP contribution in [0.2, 0.25) is 0 Å². The van der Waals surface area contributed by atoms with Crippen molar-refractivity contribution in [1.82, 2.24) is 0 Å². The van der Waals surface area contributed by atoms with Crippen LogP contribution in [0.25, 0.3) is 0 Å². The SMILES string of the molecule is C=C1CC2CCC(=O)CC3OC4C(O)[C@H]5OC(CCC5O[C@H]4C3O)CC(=O)CC3[C@@H](OC)C(CC(O)CO)O[C@H]3CC3OC(CCC1O2)CC(C)C3=C. The second-order valence-electron chi connectivity index (χ2n) is 16.8. The van der Waals surface area contributed by atoms with Gasteiger partial charge in [0.15, 0.2) is 0 Å². The van der Waals surface area contributed by atoms with E-state index >= 15 is 0 Å². The third-order valence-corrected chi connectivity index (χ3v) is 13.1. The number of ether oxygens (including phenoxy) is 7. The summed E-state index contributed by atoms with van der Waals surface area (Å²) in [6.07, 6.45) is -3.55. The van der Waals surface area contributed by atoms with Crippen LogP contribution in [0.3, 0.4) is 0 Å². The van der Waals surface area contributed by atoms with Crippen LogP contribution in [0.5, 0.6) is 0 Å². The highest BCUT2D eigenvalue weighted by atomic mass is 16.6. The molecule has 7 fully saturated rings. The zero-order valence-electron chi connectivity index (χ0n) is 31.2. The van der Waals surface area contributed by atoms with Gasteiger partial charge in [0.2, 0.25) is 0 Å². The molecule has 0 aromatic heterocycles. The van der Waals surface area contributed by atoms with Crippen LogP contribution >= 0.6 is 0 Å². The first kappa shape index (κ1) is 39.6. The van der Waals surface area contributed by atoms with E-state index in [4.69, 9.17) is 33.2 Å². The van der Waals surface area contributed by atoms with Crippen molar-refractivity contribution in [3.63, 3.8) is 0 Å². The van der Waals surface area contributed by atoms with E-state index in [0.717, 1.165) is 30.4 Å². The highest BCUT2D eigenvalue weighted by molar-refractivity contribution is 5.79. The Hall–Kier alpha value is -1.62. The zero-order valence-corrected chi connectivity index (χ0v) is 31.2. The van der Waals surface area contributed by atoms with Crippen molar-refractivity contribution in [2.24, 2.45) is 11.8 Å². The van der Waals surface area contributed by atoms with Gasteiger partial charge in [-0.25, -0.2) is 0 Å². The number of methoxy groups -OCH3 is 1. The molecule has 7 heterocycles. The molecule has 0 aromatic rings. The van der Waals surface area contributed by atoms with Crippen molar-refractivity contribution in [3.05, 3.63) is 24.3 Å². The average molecular weight is 749 g/mol. The number of Topliss-reactive ketones (excluding diaryl/α,β-unsaturated/α-hetero) is 2. The van der Waals surface area contributed by atoms with Gasteiger partial charge in [-0.15, -0.1) is 0 Å². The number of carbonyl (C=O) groups is 2. The second kappa shape index (κ2) is 16.9. The standard InChI is InChI=1S/C40H60O13/c1-19-11-26-7-9-29-20(2)12-25(48-29)6-5-22(42)15-33-35(45)39-40(53-33)36(46)38-30(52-39)10-8-27(50-38)13-23(43)14-28-32(17-31(49-26)21(19)3)51-34(37(28)47-4)16-24(44)18-41/h19,24-41,44-46H,2-3,5-18H2,1,4H3/t19?,24?,25?,26?,27?,28?,29?,30?,31?,32-,33?,34?,35?,36?,37+,38-,39-,40?/m0/s1. The Balaban J connectivity index is 1.11. The Kier molecular flexibility index (Phi) is 12.6. The Morgan fingerprint density at radius 2 is 1.45 bits per heavy atom. The molecule has 14 unspecified atom stereocenters. The molecule has 18 atom stereocenters. The number of rotatable bonds is 4. The Bertz CT molecular complexity index is 1340. The number of carbonyl (C=O) groups excluding carboxylic acids is 2. The Morgan fingerprint density at radius 3 is 2.23 bits per heavy atom. The first-order valence-electron chi connectivity index (χ1n) is 19.9. The predicted octanol–water partition coefficient (Wildman–Crippen LogP) is 2.27. The van der Waals surface area contributed by atoms with Crippen molar-refractivity contribution >= 4 is 11.6 Å². The molecule has 0 saturated carbocycles. The summed E-state index contributed by atoms with van der Waals surface area (Å²) >= 11 is 0. The minimum absolute atomic E-state index is 0.00643. The van der Waals surface area contributed by atoms with E-state index in [1.54, 1.807) is 7.11 Å². The van der Waals surface area contributed by atoms with E-state index in [-0.39, 0.29) is 79.9 Å². The fourth-order valence-corrected chi connectivity index (χ4v) is 10.1. The molecule has 0 aliphatic carbocycles. The van der Waals surface area contributed by atoms with Crippen LogP contribution < -0.4 is 0 Å². The molecular weight excluding hydrogens is 688 g/mol. The molecule has 0 amide bonds. The fraction of sp³-hybridized carbons (Fsp3) is 0.850. The minimum Gasteiger partial charge on any atom is -0.394 e. The highest BCUT2D eigenvalue weighted by Gasteiger charge is 2.57. The summed E-state index contributed by atoms with van der Waals surface area (Å²) in [6.45, 7) is 10.4. The van der Waals surface area contributed by atoms with Gasteiger partial charge < -0.3 is 53.6 Å². The zero-order chi connectivity index (χ0) is 37.6. The van der Waals surface area contributed by atoms with Crippen LogP contribution in [0.4, 0.5) is 0 Å². The van der Waals surface area contributed by atoms with E-state index in [1.165, 1.54) is 0 Å². The van der Waals surface area contributed by atoms with E-state index in [2.05, 4.69) is 20.1 Å². The average Bonchev–Trinajstić information content (AvgIpc) is 3.76. The lowest BCUT2D eigenvalue weighted by Crippen LogP contribution is -2.61. The van der Waals surface area contributed by atoms with E-state index in [1.807, 2.05) is 0 Å². The third kappa shape index (κ3) is 8.56. The number of ketones is 2. The van der Waals surface area contributed by atoms with Gasteiger partial charge in [-0.2, -0.15) is 0 Å². The summed E-state index contributed by atoms with van der Waals surface area (Å²) in [5, 5.41) is 42.6. The van der Waals surface area contributed by atoms with Gasteiger partial charge in [0, 0.05) is 51.6 Å². The van der Waals surface area contributed by atoms with Gasteiger partial charge in [-0.05, 0) is 62.0 Å². The Morgan fingerprint density at radius 1 is 0.736 bits per heavy atom. The van der Waals surface area contributed by atoms with Crippen LogP contribution in [-0.2, 0) is 42.7 Å². The third-order valence-electron chi connectivity index (χ3n) is 13.1. The number of aliphatic hydroxyl groups excluding tert-OH is 4. The molecule has 13 nitrogen and oxygen atoms in total. The number of fused-ring (bicyclic) bond motifs is 7. The minimum atomic E-state index is -1.10. The van der Waals surface area contributed by atoms with Gasteiger partial charge in [0.25, 0.3) is 0 Å². The van der Waals surface area contributed by atoms with Gasteiger partial charge in [-0.3, -0.25) is 9.59 Å². The van der Waals surface area contributed by atoms with Gasteiger partial charge in [0.05, 0.1) is 73.8 Å². The lowest BCUT2D eigenvalue weighted by atomic mass is 9.81. The van der Waals surface area contributed by atoms with Gasteiger partial charge in [0.1, 0.15) is 42.1 Å². The maximum absolute atomic E-state index is 13.9. The summed E-state index contributed by atoms with van der Waals surface area (Å²) in [7, 11) is 1.58. The lowest BCUT2D eigenvalue weighted by Gasteiger charge is -2.46. The largest absolute Gasteiger partial charge is 0.394 e. The Labute approximate surface area is 312 Å². The summed E-state index contributed by atoms with van der Waals surface area (Å²) in [6, 6.07) is 0. The number of aliphatic hydroxyl groups is 4. The van der Waals surface area contributed by atoms with E-state index < -0.39 is 79.9 Å². The highest BCUT2D eigenvalue weighted by Crippen LogP contribution is 2.43. The van der Waals surface area contributed by atoms with Crippen molar-refractivity contribution in [3.8, 4) is 0 Å². The van der Waals surface area contributed by atoms with Gasteiger partial charge in [-0.1, -0.05) is 20.1 Å². The molecular formula is C40H60O13. The lowest BCUT2D eigenvalue weighted by molar-refractivity contribution is -0.259. The molecule has 7 aliphatic heterocycles. The monoisotopic (exact) mass is 748 g/mol. The van der Waals surface area contributed by atoms with Crippen molar-refractivity contribution < 1.29 is 63.2 Å². The smallest absolute Gasteiger partial charge is 0.135 e. The fourth-order valence-electron chi connectivity index (χ4n) is 10.1. The molecule has 7 saturated heterocycles. The van der Waals surface area contributed by atoms with Crippen LogP contribution in [0, 0.1) is 11.8 Å². The first-order chi connectivity index (χ1) is 25.4. The summed E-state index contributed by atoms with van der Waals surface area (Å²) < 4.78 is 44.3. The van der Waals surface area contributed by atoms with Crippen LogP contribution in [0.1, 0.15) is 90.4 Å². The maximum Gasteiger partial charge on any atom is 0.135 e. The van der Waals surface area contributed by atoms with E-state index in [0.29, 0.717) is 32.1 Å². The molecule has 7 rings (SSSR count). The quantitative estimate of drug-likeness (QED) is 0.308. The molecule has 0 radical (unpaired) electrons. The second-order valence-corrected chi connectivity index (χ2v) is 16.8. The topological polar surface area (TPSA) is 180 Å². The van der Waals surface area contributed by atoms with Crippen molar-refractivity contribution in [2.75, 3.05) is 13.7 Å². The summed E-state index contributed by atoms with van der Waals surface area (Å²) in [4.78, 5) is 27.0.